The van der Waals surface area contributed by atoms with Crippen LogP contribution in [0.25, 0.3) is 5.57 Å². The van der Waals surface area contributed by atoms with Crippen molar-refractivity contribution in [1.29, 1.82) is 0 Å². The lowest BCUT2D eigenvalue weighted by atomic mass is 9.91. The van der Waals surface area contributed by atoms with Crippen LogP contribution in [0.3, 0.4) is 0 Å². The lowest BCUT2D eigenvalue weighted by Crippen LogP contribution is -2.48. The van der Waals surface area contributed by atoms with E-state index in [1.54, 1.807) is 12.1 Å². The van der Waals surface area contributed by atoms with Crippen LogP contribution in [0.4, 0.5) is 5.69 Å². The summed E-state index contributed by atoms with van der Waals surface area (Å²) in [6.45, 7) is 7.83. The number of nitrogens with zero attached hydrogens (tertiary/aromatic N) is 1. The number of aryl methyl sites for hydroxylation is 1. The summed E-state index contributed by atoms with van der Waals surface area (Å²) in [4.78, 5) is 0.318. The second kappa shape index (κ2) is 5.24. The molecule has 120 valence electrons. The number of allylic oxidation sites excluding steroid dienone is 1. The monoisotopic (exact) mass is 327 g/mol. The van der Waals surface area contributed by atoms with Crippen molar-refractivity contribution in [3.63, 3.8) is 0 Å². The summed E-state index contributed by atoms with van der Waals surface area (Å²) in [6.07, 6.45) is 2.01. The fourth-order valence-electron chi connectivity index (χ4n) is 3.22. The Hall–Kier alpha value is -2.07. The average Bonchev–Trinajstić information content (AvgIpc) is 2.46. The highest BCUT2D eigenvalue weighted by atomic mass is 32.2. The maximum atomic E-state index is 13.3. The summed E-state index contributed by atoms with van der Waals surface area (Å²) in [5.41, 5.74) is 3.21. The Bertz CT molecular complexity index is 878. The number of sulfonamides is 1. The summed E-state index contributed by atoms with van der Waals surface area (Å²) in [7, 11) is -3.63. The number of anilines is 1. The highest BCUT2D eigenvalue weighted by molar-refractivity contribution is 7.93. The smallest absolute Gasteiger partial charge is 0.256 e. The molecule has 0 spiro atoms. The molecule has 3 nitrogen and oxygen atoms in total. The lowest BCUT2D eigenvalue weighted by molar-refractivity contribution is 0.561. The SMILES string of the molecule is CC1=CC(C)(C)N(S(=O)(=O)c2ccc(C)cc2)c2ccccc21. The van der Waals surface area contributed by atoms with E-state index in [4.69, 9.17) is 0 Å². The largest absolute Gasteiger partial charge is 0.265 e. The van der Waals surface area contributed by atoms with Gasteiger partial charge in [-0.1, -0.05) is 42.0 Å². The van der Waals surface area contributed by atoms with Gasteiger partial charge in [-0.25, -0.2) is 8.42 Å². The van der Waals surface area contributed by atoms with Gasteiger partial charge in [0.25, 0.3) is 10.0 Å². The summed E-state index contributed by atoms with van der Waals surface area (Å²) in [5.74, 6) is 0. The van der Waals surface area contributed by atoms with Gasteiger partial charge in [0.15, 0.2) is 0 Å². The van der Waals surface area contributed by atoms with Crippen molar-refractivity contribution in [2.45, 2.75) is 38.1 Å². The van der Waals surface area contributed by atoms with E-state index in [9.17, 15) is 8.42 Å². The minimum absolute atomic E-state index is 0.318. The summed E-state index contributed by atoms with van der Waals surface area (Å²) in [5, 5.41) is 0. The fraction of sp³-hybridized carbons (Fsp3) is 0.263. The van der Waals surface area contributed by atoms with E-state index in [1.165, 1.54) is 4.31 Å². The number of hydrogen-bond donors (Lipinski definition) is 0. The molecule has 4 heteroatoms. The fourth-order valence-corrected chi connectivity index (χ4v) is 5.00. The van der Waals surface area contributed by atoms with Crippen LogP contribution in [0.2, 0.25) is 0 Å². The van der Waals surface area contributed by atoms with Crippen LogP contribution in [0.15, 0.2) is 59.5 Å². The molecule has 0 N–H and O–H groups in total. The molecule has 0 radical (unpaired) electrons. The molecule has 0 saturated carbocycles. The molecule has 2 aromatic rings. The Morgan fingerprint density at radius 1 is 0.913 bits per heavy atom. The van der Waals surface area contributed by atoms with Crippen LogP contribution >= 0.6 is 0 Å². The van der Waals surface area contributed by atoms with Crippen LogP contribution in [0, 0.1) is 6.92 Å². The second-order valence-corrected chi connectivity index (χ2v) is 8.37. The minimum Gasteiger partial charge on any atom is -0.256 e. The predicted molar refractivity (Wildman–Crippen MR) is 95.0 cm³/mol. The van der Waals surface area contributed by atoms with Gasteiger partial charge in [-0.15, -0.1) is 0 Å². The summed E-state index contributed by atoms with van der Waals surface area (Å²) >= 11 is 0. The van der Waals surface area contributed by atoms with Gasteiger partial charge < -0.3 is 0 Å². The minimum atomic E-state index is -3.63. The zero-order valence-electron chi connectivity index (χ0n) is 13.9. The Balaban J connectivity index is 2.23. The number of para-hydroxylation sites is 1. The maximum Gasteiger partial charge on any atom is 0.265 e. The second-order valence-electron chi connectivity index (χ2n) is 6.58. The van der Waals surface area contributed by atoms with Gasteiger partial charge in [-0.3, -0.25) is 4.31 Å². The molecule has 1 aliphatic heterocycles. The predicted octanol–water partition coefficient (Wildman–Crippen LogP) is 4.39. The van der Waals surface area contributed by atoms with E-state index < -0.39 is 15.6 Å². The molecule has 0 saturated heterocycles. The standard InChI is InChI=1S/C19H21NO2S/c1-14-9-11-16(12-10-14)23(21,22)20-18-8-6-5-7-17(18)15(2)13-19(20,3)4/h5-13H,1-4H3. The molecule has 0 unspecified atom stereocenters. The van der Waals surface area contributed by atoms with Gasteiger partial charge in [0.1, 0.15) is 0 Å². The van der Waals surface area contributed by atoms with Crippen LogP contribution < -0.4 is 4.31 Å². The Morgan fingerprint density at radius 2 is 1.52 bits per heavy atom. The van der Waals surface area contributed by atoms with Gasteiger partial charge in [0.05, 0.1) is 16.1 Å². The van der Waals surface area contributed by atoms with E-state index in [0.29, 0.717) is 4.90 Å². The van der Waals surface area contributed by atoms with Crippen LogP contribution in [-0.2, 0) is 10.0 Å². The molecule has 0 bridgehead atoms. The molecule has 23 heavy (non-hydrogen) atoms. The Labute approximate surface area is 138 Å². The summed E-state index contributed by atoms with van der Waals surface area (Å²) < 4.78 is 28.1. The highest BCUT2D eigenvalue weighted by Crippen LogP contribution is 2.41. The van der Waals surface area contributed by atoms with Crippen molar-refractivity contribution in [3.05, 3.63) is 65.7 Å². The third-order valence-electron chi connectivity index (χ3n) is 4.20. The van der Waals surface area contributed by atoms with Gasteiger partial charge >= 0.3 is 0 Å². The van der Waals surface area contributed by atoms with Crippen molar-refractivity contribution in [1.82, 2.24) is 0 Å². The number of benzene rings is 2. The molecule has 0 aliphatic carbocycles. The number of rotatable bonds is 2. The average molecular weight is 327 g/mol. The van der Waals surface area contributed by atoms with E-state index >= 15 is 0 Å². The maximum absolute atomic E-state index is 13.3. The first-order valence-corrected chi connectivity index (χ1v) is 9.08. The third kappa shape index (κ3) is 2.57. The Kier molecular flexibility index (Phi) is 3.60. The van der Waals surface area contributed by atoms with Crippen LogP contribution in [0.1, 0.15) is 31.9 Å². The highest BCUT2D eigenvalue weighted by Gasteiger charge is 2.39. The first-order valence-electron chi connectivity index (χ1n) is 7.64. The van der Waals surface area contributed by atoms with Crippen molar-refractivity contribution in [2.75, 3.05) is 4.31 Å². The zero-order valence-corrected chi connectivity index (χ0v) is 14.7. The molecule has 0 aromatic heterocycles. The molecule has 1 heterocycles. The first-order chi connectivity index (χ1) is 10.7. The van der Waals surface area contributed by atoms with Crippen molar-refractivity contribution in [3.8, 4) is 0 Å². The van der Waals surface area contributed by atoms with Gasteiger partial charge in [-0.05, 0) is 51.5 Å². The van der Waals surface area contributed by atoms with Crippen LogP contribution in [-0.4, -0.2) is 14.0 Å². The van der Waals surface area contributed by atoms with E-state index in [-0.39, 0.29) is 0 Å². The lowest BCUT2D eigenvalue weighted by Gasteiger charge is -2.41. The molecular formula is C19H21NO2S. The topological polar surface area (TPSA) is 37.4 Å². The normalized spacial score (nSPS) is 16.7. The van der Waals surface area contributed by atoms with E-state index in [1.807, 2.05) is 70.2 Å². The molecule has 0 amide bonds. The van der Waals surface area contributed by atoms with Crippen LogP contribution in [0.5, 0.6) is 0 Å². The molecule has 0 atom stereocenters. The quantitative estimate of drug-likeness (QED) is 0.820. The van der Waals surface area contributed by atoms with Crippen molar-refractivity contribution in [2.24, 2.45) is 0 Å². The first kappa shape index (κ1) is 15.8. The molecule has 0 fully saturated rings. The summed E-state index contributed by atoms with van der Waals surface area (Å²) in [6, 6.07) is 14.7. The van der Waals surface area contributed by atoms with E-state index in [2.05, 4.69) is 0 Å². The van der Waals surface area contributed by atoms with Gasteiger partial charge in [-0.2, -0.15) is 0 Å². The number of hydrogen-bond acceptors (Lipinski definition) is 2. The molecule has 2 aromatic carbocycles. The Morgan fingerprint density at radius 3 is 2.17 bits per heavy atom. The van der Waals surface area contributed by atoms with Crippen molar-refractivity contribution < 1.29 is 8.42 Å². The molecule has 3 rings (SSSR count). The molecular weight excluding hydrogens is 306 g/mol. The molecule has 1 aliphatic rings. The third-order valence-corrected chi connectivity index (χ3v) is 6.22. The zero-order chi connectivity index (χ0) is 16.8. The number of fused-ring (bicyclic) bond motifs is 1. The van der Waals surface area contributed by atoms with Gasteiger partial charge in [0, 0.05) is 5.56 Å². The van der Waals surface area contributed by atoms with Crippen molar-refractivity contribution >= 4 is 21.3 Å². The van der Waals surface area contributed by atoms with Gasteiger partial charge in [0.2, 0.25) is 0 Å². The van der Waals surface area contributed by atoms with E-state index in [0.717, 1.165) is 22.4 Å².